The maximum atomic E-state index is 11.6. The van der Waals surface area contributed by atoms with Crippen molar-refractivity contribution in [2.45, 2.75) is 19.0 Å². The zero-order valence-electron chi connectivity index (χ0n) is 8.81. The monoisotopic (exact) mass is 189 g/mol. The minimum absolute atomic E-state index is 0.0653. The van der Waals surface area contributed by atoms with Gasteiger partial charge in [-0.2, -0.15) is 0 Å². The van der Waals surface area contributed by atoms with Crippen LogP contribution < -0.4 is 5.31 Å². The fraction of sp³-hybridized carbons (Fsp3) is 0.364. The lowest BCUT2D eigenvalue weighted by atomic mass is 9.95. The fourth-order valence-electron chi connectivity index (χ4n) is 2.24. The maximum absolute atomic E-state index is 11.6. The Labute approximate surface area is 84.2 Å². The molecule has 1 aromatic rings. The van der Waals surface area contributed by atoms with Gasteiger partial charge >= 0.3 is 0 Å². The van der Waals surface area contributed by atoms with Crippen LogP contribution in [-0.2, 0) is 17.8 Å². The van der Waals surface area contributed by atoms with E-state index in [1.54, 1.807) is 0 Å². The van der Waals surface area contributed by atoms with Gasteiger partial charge < -0.3 is 5.31 Å². The number of nitrogens with zero attached hydrogens (tertiary/aromatic N) is 1. The molecule has 3 nitrogen and oxygen atoms in total. The number of benzene rings is 1. The minimum Gasteiger partial charge on any atom is -0.342 e. The summed E-state index contributed by atoms with van der Waals surface area (Å²) in [5.74, 6) is -0.0653. The Hall–Kier alpha value is -1.35. The molecule has 0 aromatic heterocycles. The smallest absolute Gasteiger partial charge is 0.238 e. The van der Waals surface area contributed by atoms with Crippen LogP contribution >= 0.6 is 0 Å². The summed E-state index contributed by atoms with van der Waals surface area (Å²) in [6.45, 7) is 1.24. The summed E-state index contributed by atoms with van der Waals surface area (Å²) in [5.41, 5.74) is 2.54. The van der Waals surface area contributed by atoms with Gasteiger partial charge in [-0.3, -0.25) is 9.69 Å². The first kappa shape index (κ1) is 7.01. The van der Waals surface area contributed by atoms with Crippen LogP contribution in [0.4, 0.5) is 0 Å². The highest BCUT2D eigenvalue weighted by atomic mass is 16.2. The van der Waals surface area contributed by atoms with Crippen LogP contribution in [0.1, 0.15) is 11.1 Å². The highest BCUT2D eigenvalue weighted by molar-refractivity contribution is 5.84. The van der Waals surface area contributed by atoms with Crippen LogP contribution in [-0.4, -0.2) is 23.5 Å². The van der Waals surface area contributed by atoms with E-state index in [1.807, 2.05) is 12.1 Å². The molecule has 1 N–H and O–H groups in total. The molecule has 1 fully saturated rings. The van der Waals surface area contributed by atoms with Crippen molar-refractivity contribution in [1.82, 2.24) is 10.2 Å². The average molecular weight is 189 g/mol. The number of hydrogen-bond acceptors (Lipinski definition) is 2. The van der Waals surface area contributed by atoms with E-state index in [2.05, 4.69) is 17.0 Å². The molecule has 1 atom stereocenters. The third-order valence-corrected chi connectivity index (χ3v) is 3.04. The topological polar surface area (TPSA) is 32.3 Å². The number of carbonyl (C=O) groups excluding carboxylic acids is 1. The van der Waals surface area contributed by atoms with Crippen molar-refractivity contribution >= 4 is 5.91 Å². The Bertz CT molecular complexity index is 421. The summed E-state index contributed by atoms with van der Waals surface area (Å²) in [5, 5.41) is 1.07. The number of fused-ring (bicyclic) bond motifs is 2. The van der Waals surface area contributed by atoms with Crippen LogP contribution in [0, 0.1) is 0 Å². The third kappa shape index (κ3) is 1.06. The molecular formula is C11H12N2O. The van der Waals surface area contributed by atoms with E-state index >= 15 is 0 Å². The number of rotatable bonds is 0. The quantitative estimate of drug-likeness (QED) is 0.644. The van der Waals surface area contributed by atoms with E-state index < -0.39 is 0 Å². The molecule has 0 aliphatic carbocycles. The van der Waals surface area contributed by atoms with E-state index in [9.17, 15) is 4.79 Å². The molecule has 0 saturated carbocycles. The van der Waals surface area contributed by atoms with Crippen LogP contribution in [0.3, 0.4) is 0 Å². The maximum Gasteiger partial charge on any atom is 0.238 e. The molecule has 2 aliphatic rings. The number of nitrogens with one attached hydrogen (secondary N) is 1. The largest absolute Gasteiger partial charge is 0.342 e. The van der Waals surface area contributed by atoms with Crippen LogP contribution in [0.25, 0.3) is 0 Å². The van der Waals surface area contributed by atoms with Gasteiger partial charge in [-0.1, -0.05) is 24.3 Å². The van der Waals surface area contributed by atoms with Crippen LogP contribution in [0.15, 0.2) is 24.3 Å². The van der Waals surface area contributed by atoms with Gasteiger partial charge in [-0.15, -0.1) is 0 Å². The van der Waals surface area contributed by atoms with Gasteiger partial charge in [-0.05, 0) is 17.5 Å². The Kier molecular flexibility index (Phi) is 1.41. The van der Waals surface area contributed by atoms with Gasteiger partial charge in [0.05, 0.1) is 12.7 Å². The molecule has 1 saturated heterocycles. The summed E-state index contributed by atoms with van der Waals surface area (Å²) in [6.07, 6.45) is 0.754. The Balaban J connectivity index is 1.97. The predicted octanol–water partition coefficient (Wildman–Crippen LogP) is 0.501. The Morgan fingerprint density at radius 1 is 1.43 bits per heavy atom. The summed E-state index contributed by atoms with van der Waals surface area (Å²) in [6, 6.07) is 8.11. The van der Waals surface area contributed by atoms with Crippen molar-refractivity contribution in [3.63, 3.8) is 0 Å². The van der Waals surface area contributed by atoms with Gasteiger partial charge in [0.25, 0.3) is 0 Å². The molecule has 0 bridgehead atoms. The summed E-state index contributed by atoms with van der Waals surface area (Å²) < 4.78 is 7.48. The molecule has 0 radical (unpaired) electrons. The van der Waals surface area contributed by atoms with Gasteiger partial charge in [-0.25, -0.2) is 0 Å². The first-order chi connectivity index (χ1) is 7.25. The molecule has 72 valence electrons. The zero-order chi connectivity index (χ0) is 10.4. The van der Waals surface area contributed by atoms with Gasteiger partial charge in [0.2, 0.25) is 5.91 Å². The van der Waals surface area contributed by atoms with E-state index in [0.29, 0.717) is 6.67 Å². The van der Waals surface area contributed by atoms with Crippen molar-refractivity contribution in [3.05, 3.63) is 35.4 Å². The van der Waals surface area contributed by atoms with Crippen LogP contribution in [0.5, 0.6) is 0 Å². The number of hydrogen-bond donors (Lipinski definition) is 1. The molecule has 3 rings (SSSR count). The molecule has 2 aliphatic heterocycles. The molecule has 1 unspecified atom stereocenters. The SMILES string of the molecule is [2H]N1CN2Cc3ccccc3CC2C1=O. The average Bonchev–Trinajstić information content (AvgIpc) is 2.52. The van der Waals surface area contributed by atoms with Crippen molar-refractivity contribution in [1.29, 1.82) is 0 Å². The summed E-state index contributed by atoms with van der Waals surface area (Å²) in [4.78, 5) is 13.7. The number of carbonyl (C=O) groups is 1. The van der Waals surface area contributed by atoms with Gasteiger partial charge in [0.15, 0.2) is 1.41 Å². The van der Waals surface area contributed by atoms with Crippen molar-refractivity contribution < 1.29 is 6.21 Å². The van der Waals surface area contributed by atoms with Crippen molar-refractivity contribution in [2.75, 3.05) is 6.67 Å². The predicted molar refractivity (Wildman–Crippen MR) is 52.5 cm³/mol. The second kappa shape index (κ2) is 2.82. The van der Waals surface area contributed by atoms with E-state index in [1.165, 1.54) is 11.1 Å². The standard InChI is InChI=1S/C11H12N2O/c14-11-10-5-8-3-1-2-4-9(8)6-13(10)7-12-11/h1-4,10H,5-7H2,(H,12,14)/i/hD. The lowest BCUT2D eigenvalue weighted by molar-refractivity contribution is -0.121. The van der Waals surface area contributed by atoms with Crippen molar-refractivity contribution in [2.24, 2.45) is 0 Å². The third-order valence-electron chi connectivity index (χ3n) is 3.04. The first-order valence-electron chi connectivity index (χ1n) is 5.31. The lowest BCUT2D eigenvalue weighted by Gasteiger charge is -2.28. The molecule has 1 aromatic carbocycles. The van der Waals surface area contributed by atoms with Gasteiger partial charge in [0, 0.05) is 6.54 Å². The normalized spacial score (nSPS) is 27.1. The molecule has 1 amide bonds. The van der Waals surface area contributed by atoms with E-state index in [4.69, 9.17) is 1.41 Å². The second-order valence-electron chi connectivity index (χ2n) is 3.87. The minimum atomic E-state index is -0.0996. The van der Waals surface area contributed by atoms with Crippen molar-refractivity contribution in [3.8, 4) is 0 Å². The van der Waals surface area contributed by atoms with Crippen LogP contribution in [0.2, 0.25) is 1.41 Å². The lowest BCUT2D eigenvalue weighted by Crippen LogP contribution is -2.38. The molecule has 0 spiro atoms. The Morgan fingerprint density at radius 2 is 2.21 bits per heavy atom. The zero-order valence-corrected chi connectivity index (χ0v) is 7.81. The summed E-state index contributed by atoms with van der Waals surface area (Å²) in [7, 11) is 0. The second-order valence-corrected chi connectivity index (χ2v) is 3.87. The first-order valence-corrected chi connectivity index (χ1v) is 4.87. The number of amides is 1. The Morgan fingerprint density at radius 3 is 3.07 bits per heavy atom. The molecule has 2 heterocycles. The van der Waals surface area contributed by atoms with E-state index in [-0.39, 0.29) is 11.9 Å². The summed E-state index contributed by atoms with van der Waals surface area (Å²) >= 11 is 0. The van der Waals surface area contributed by atoms with Gasteiger partial charge in [0.1, 0.15) is 0 Å². The molecule has 3 heteroatoms. The fourth-order valence-corrected chi connectivity index (χ4v) is 2.24. The highest BCUT2D eigenvalue weighted by Gasteiger charge is 2.35. The molecule has 14 heavy (non-hydrogen) atoms. The highest BCUT2D eigenvalue weighted by Crippen LogP contribution is 2.24. The molecular weight excluding hydrogens is 176 g/mol. The van der Waals surface area contributed by atoms with E-state index in [0.717, 1.165) is 18.3 Å².